The Balaban J connectivity index is 1.57. The van der Waals surface area contributed by atoms with Crippen LogP contribution in [0.15, 0.2) is 36.4 Å². The summed E-state index contributed by atoms with van der Waals surface area (Å²) in [5.41, 5.74) is 1.14. The van der Waals surface area contributed by atoms with Gasteiger partial charge in [0.2, 0.25) is 0 Å². The van der Waals surface area contributed by atoms with E-state index in [1.54, 1.807) is 24.3 Å². The van der Waals surface area contributed by atoms with E-state index in [0.29, 0.717) is 21.8 Å². The molecule has 26 heavy (non-hydrogen) atoms. The molecule has 0 aromatic heterocycles. The van der Waals surface area contributed by atoms with Crippen molar-refractivity contribution in [2.45, 2.75) is 0 Å². The molecule has 2 aromatic carbocycles. The molecule has 0 aliphatic carbocycles. The average Bonchev–Trinajstić information content (AvgIpc) is 2.83. The Morgan fingerprint density at radius 2 is 1.58 bits per heavy atom. The van der Waals surface area contributed by atoms with E-state index in [1.165, 1.54) is 12.1 Å². The van der Waals surface area contributed by atoms with Crippen LogP contribution in [0.3, 0.4) is 0 Å². The molecule has 0 radical (unpaired) electrons. The molecule has 0 saturated carbocycles. The van der Waals surface area contributed by atoms with Crippen LogP contribution in [0, 0.1) is 0 Å². The van der Waals surface area contributed by atoms with Crippen LogP contribution in [0.2, 0.25) is 15.1 Å². The first-order chi connectivity index (χ1) is 12.4. The summed E-state index contributed by atoms with van der Waals surface area (Å²) in [6, 6.07) is 9.68. The fraction of sp³-hybridized carbons (Fsp3) is 0.118. The fourth-order valence-electron chi connectivity index (χ4n) is 2.47. The minimum Gasteiger partial charge on any atom is -0.469 e. The number of imide groups is 1. The normalized spacial score (nSPS) is 13.0. The summed E-state index contributed by atoms with van der Waals surface area (Å²) in [5, 5.41) is 3.74. The third kappa shape index (κ3) is 3.78. The van der Waals surface area contributed by atoms with Crippen molar-refractivity contribution in [2.24, 2.45) is 0 Å². The van der Waals surface area contributed by atoms with Crippen molar-refractivity contribution < 1.29 is 14.3 Å². The van der Waals surface area contributed by atoms with Gasteiger partial charge in [0.15, 0.2) is 0 Å². The molecule has 1 aliphatic rings. The Bertz CT molecular complexity index is 862. The molecule has 9 heteroatoms. The van der Waals surface area contributed by atoms with E-state index in [-0.39, 0.29) is 40.2 Å². The smallest absolute Gasteiger partial charge is 0.261 e. The van der Waals surface area contributed by atoms with E-state index < -0.39 is 0 Å². The molecular formula is C17H11Cl3N2O3S. The average molecular weight is 430 g/mol. The monoisotopic (exact) mass is 428 g/mol. The van der Waals surface area contributed by atoms with Crippen LogP contribution >= 0.6 is 47.0 Å². The van der Waals surface area contributed by atoms with Crippen LogP contribution in [0.25, 0.3) is 0 Å². The predicted molar refractivity (Wildman–Crippen MR) is 105 cm³/mol. The lowest BCUT2D eigenvalue weighted by atomic mass is 10.1. The molecule has 0 unspecified atom stereocenters. The molecule has 3 rings (SSSR count). The summed E-state index contributed by atoms with van der Waals surface area (Å²) in [6.45, 7) is 0.0936. The lowest BCUT2D eigenvalue weighted by Crippen LogP contribution is -2.33. The van der Waals surface area contributed by atoms with Crippen molar-refractivity contribution in [3.8, 4) is 0 Å². The van der Waals surface area contributed by atoms with Gasteiger partial charge in [0, 0.05) is 5.02 Å². The van der Waals surface area contributed by atoms with E-state index in [2.05, 4.69) is 5.32 Å². The van der Waals surface area contributed by atoms with Gasteiger partial charge in [-0.3, -0.25) is 14.5 Å². The highest BCUT2D eigenvalue weighted by atomic mass is 35.5. The highest BCUT2D eigenvalue weighted by Gasteiger charge is 2.34. The largest absolute Gasteiger partial charge is 0.469 e. The molecule has 1 heterocycles. The number of benzene rings is 2. The number of ether oxygens (including phenoxy) is 1. The van der Waals surface area contributed by atoms with E-state index in [4.69, 9.17) is 51.8 Å². The molecular weight excluding hydrogens is 419 g/mol. The number of anilines is 1. The Morgan fingerprint density at radius 1 is 1.04 bits per heavy atom. The van der Waals surface area contributed by atoms with E-state index in [0.717, 1.165) is 4.90 Å². The number of carbonyl (C=O) groups excluding carboxylic acids is 2. The van der Waals surface area contributed by atoms with E-state index in [9.17, 15) is 9.59 Å². The van der Waals surface area contributed by atoms with Crippen molar-refractivity contribution in [1.82, 2.24) is 4.90 Å². The van der Waals surface area contributed by atoms with Crippen LogP contribution in [-0.4, -0.2) is 35.0 Å². The van der Waals surface area contributed by atoms with Crippen LogP contribution < -0.4 is 5.32 Å². The number of carbonyl (C=O) groups is 2. The topological polar surface area (TPSA) is 58.6 Å². The van der Waals surface area contributed by atoms with Crippen LogP contribution in [-0.2, 0) is 4.74 Å². The standard InChI is InChI=1S/C17H11Cl3N2O3S/c18-9-7-12(19)14(13(20)8-9)21-17(26)25-6-5-22-15(23)10-3-1-2-4-11(10)16(22)24/h1-4,7-8H,5-6H2,(H,21,26). The summed E-state index contributed by atoms with van der Waals surface area (Å²) >= 11 is 23.1. The maximum Gasteiger partial charge on any atom is 0.261 e. The summed E-state index contributed by atoms with van der Waals surface area (Å²) in [5.74, 6) is -0.700. The van der Waals surface area contributed by atoms with Crippen molar-refractivity contribution >= 4 is 69.7 Å². The second kappa shape index (κ2) is 7.80. The van der Waals surface area contributed by atoms with Gasteiger partial charge >= 0.3 is 0 Å². The third-order valence-electron chi connectivity index (χ3n) is 3.66. The molecule has 0 fully saturated rings. The zero-order chi connectivity index (χ0) is 18.8. The van der Waals surface area contributed by atoms with Gasteiger partial charge < -0.3 is 10.1 Å². The van der Waals surface area contributed by atoms with Crippen LogP contribution in [0.1, 0.15) is 20.7 Å². The lowest BCUT2D eigenvalue weighted by molar-refractivity contribution is 0.0629. The van der Waals surface area contributed by atoms with Gasteiger partial charge in [-0.15, -0.1) is 0 Å². The maximum absolute atomic E-state index is 12.2. The number of hydrogen-bond donors (Lipinski definition) is 1. The van der Waals surface area contributed by atoms with Gasteiger partial charge in [-0.2, -0.15) is 0 Å². The minimum absolute atomic E-state index is 0.00716. The van der Waals surface area contributed by atoms with Crippen LogP contribution in [0.4, 0.5) is 5.69 Å². The Kier molecular flexibility index (Phi) is 5.67. The minimum atomic E-state index is -0.350. The van der Waals surface area contributed by atoms with E-state index >= 15 is 0 Å². The van der Waals surface area contributed by atoms with Crippen molar-refractivity contribution in [3.05, 3.63) is 62.6 Å². The van der Waals surface area contributed by atoms with Gasteiger partial charge in [0.05, 0.1) is 33.4 Å². The number of nitrogens with zero attached hydrogens (tertiary/aromatic N) is 1. The number of hydrogen-bond acceptors (Lipinski definition) is 4. The Morgan fingerprint density at radius 3 is 2.12 bits per heavy atom. The van der Waals surface area contributed by atoms with Gasteiger partial charge in [-0.25, -0.2) is 0 Å². The molecule has 0 saturated heterocycles. The SMILES string of the molecule is O=C1c2ccccc2C(=O)N1CCOC(=S)Nc1c(Cl)cc(Cl)cc1Cl. The zero-order valence-corrected chi connectivity index (χ0v) is 16.2. The first-order valence-corrected chi connectivity index (χ1v) is 8.96. The Hall–Kier alpha value is -1.86. The van der Waals surface area contributed by atoms with Gasteiger partial charge in [-0.1, -0.05) is 46.9 Å². The third-order valence-corrected chi connectivity index (χ3v) is 4.69. The molecule has 134 valence electrons. The summed E-state index contributed by atoms with van der Waals surface area (Å²) in [7, 11) is 0. The van der Waals surface area contributed by atoms with Gasteiger partial charge in [0.1, 0.15) is 6.61 Å². The first-order valence-electron chi connectivity index (χ1n) is 7.42. The highest BCUT2D eigenvalue weighted by Crippen LogP contribution is 2.33. The molecule has 5 nitrogen and oxygen atoms in total. The highest BCUT2D eigenvalue weighted by molar-refractivity contribution is 7.80. The van der Waals surface area contributed by atoms with E-state index in [1.807, 2.05) is 0 Å². The summed E-state index contributed by atoms with van der Waals surface area (Å²) in [6.07, 6.45) is 0. The second-order valence-electron chi connectivity index (χ2n) is 5.31. The summed E-state index contributed by atoms with van der Waals surface area (Å²) < 4.78 is 5.37. The van der Waals surface area contributed by atoms with Crippen LogP contribution in [0.5, 0.6) is 0 Å². The van der Waals surface area contributed by atoms with Gasteiger partial charge in [0.25, 0.3) is 17.0 Å². The number of halogens is 3. The fourth-order valence-corrected chi connectivity index (χ4v) is 3.57. The molecule has 0 spiro atoms. The second-order valence-corrected chi connectivity index (χ2v) is 6.93. The molecule has 1 N–H and O–H groups in total. The maximum atomic E-state index is 12.2. The predicted octanol–water partition coefficient (Wildman–Crippen LogP) is 4.66. The first kappa shape index (κ1) is 18.9. The zero-order valence-electron chi connectivity index (χ0n) is 13.1. The number of nitrogens with one attached hydrogen (secondary N) is 1. The summed E-state index contributed by atoms with van der Waals surface area (Å²) in [4.78, 5) is 25.6. The van der Waals surface area contributed by atoms with Crippen molar-refractivity contribution in [1.29, 1.82) is 0 Å². The lowest BCUT2D eigenvalue weighted by Gasteiger charge is -2.16. The Labute approximate surface area is 169 Å². The quantitative estimate of drug-likeness (QED) is 0.566. The molecule has 1 aliphatic heterocycles. The number of thiocarbonyl (C=S) groups is 1. The number of amides is 2. The number of fused-ring (bicyclic) bond motifs is 1. The molecule has 2 aromatic rings. The number of rotatable bonds is 4. The van der Waals surface area contributed by atoms with Crippen molar-refractivity contribution in [3.63, 3.8) is 0 Å². The molecule has 2 amide bonds. The van der Waals surface area contributed by atoms with Gasteiger partial charge in [-0.05, 0) is 36.5 Å². The van der Waals surface area contributed by atoms with Crippen molar-refractivity contribution in [2.75, 3.05) is 18.5 Å². The molecule has 0 bridgehead atoms. The molecule has 0 atom stereocenters.